The molecule has 8 nitrogen and oxygen atoms in total. The number of benzene rings is 3. The first-order valence-corrected chi connectivity index (χ1v) is 10.5. The van der Waals surface area contributed by atoms with Crippen molar-refractivity contribution in [2.45, 2.75) is 12.3 Å². The number of rotatable bonds is 5. The van der Waals surface area contributed by atoms with E-state index in [1.807, 2.05) is 6.07 Å². The van der Waals surface area contributed by atoms with Crippen LogP contribution in [0.1, 0.15) is 23.5 Å². The molecule has 4 aromatic rings. The number of fused-ring (bicyclic) bond motifs is 2. The van der Waals surface area contributed by atoms with E-state index >= 15 is 0 Å². The third kappa shape index (κ3) is 3.69. The average Bonchev–Trinajstić information content (AvgIpc) is 3.31. The maximum atomic E-state index is 13.0. The van der Waals surface area contributed by atoms with Crippen molar-refractivity contribution in [3.05, 3.63) is 82.0 Å². The monoisotopic (exact) mass is 460 g/mol. The summed E-state index contributed by atoms with van der Waals surface area (Å²) < 4.78 is 21.8. The van der Waals surface area contributed by atoms with Gasteiger partial charge >= 0.3 is 5.97 Å². The van der Waals surface area contributed by atoms with Crippen molar-refractivity contribution in [2.75, 3.05) is 13.9 Å². The summed E-state index contributed by atoms with van der Waals surface area (Å²) in [6.45, 7) is 0.0726. The summed E-state index contributed by atoms with van der Waals surface area (Å²) in [5.74, 6) is -0.771. The predicted octanol–water partition coefficient (Wildman–Crippen LogP) is 4.29. The molecule has 0 spiro atoms. The molecule has 3 aromatic carbocycles. The first-order valence-electron chi connectivity index (χ1n) is 10.5. The molecule has 1 aromatic heterocycles. The molecule has 5 rings (SSSR count). The van der Waals surface area contributed by atoms with Crippen LogP contribution in [0, 0.1) is 0 Å². The van der Waals surface area contributed by atoms with Crippen LogP contribution in [0.4, 0.5) is 0 Å². The maximum Gasteiger partial charge on any atom is 0.306 e. The van der Waals surface area contributed by atoms with Crippen molar-refractivity contribution < 1.29 is 33.6 Å². The van der Waals surface area contributed by atoms with Crippen molar-refractivity contribution >= 4 is 16.9 Å². The summed E-state index contributed by atoms with van der Waals surface area (Å²) in [6, 6.07) is 16.5. The second-order valence-corrected chi connectivity index (χ2v) is 7.82. The molecule has 1 atom stereocenters. The van der Waals surface area contributed by atoms with E-state index in [0.717, 1.165) is 6.07 Å². The van der Waals surface area contributed by atoms with Crippen LogP contribution in [-0.2, 0) is 9.53 Å². The van der Waals surface area contributed by atoms with Crippen molar-refractivity contribution in [1.82, 2.24) is 0 Å². The van der Waals surface area contributed by atoms with Gasteiger partial charge in [0.2, 0.25) is 6.79 Å². The maximum absolute atomic E-state index is 13.0. The Morgan fingerprint density at radius 3 is 2.53 bits per heavy atom. The van der Waals surface area contributed by atoms with Crippen LogP contribution in [0.2, 0.25) is 0 Å². The van der Waals surface area contributed by atoms with Gasteiger partial charge in [0.25, 0.3) is 0 Å². The van der Waals surface area contributed by atoms with Crippen LogP contribution >= 0.6 is 0 Å². The van der Waals surface area contributed by atoms with Gasteiger partial charge in [0.05, 0.1) is 13.5 Å². The van der Waals surface area contributed by atoms with E-state index in [-0.39, 0.29) is 41.3 Å². The van der Waals surface area contributed by atoms with Gasteiger partial charge in [-0.25, -0.2) is 0 Å². The Morgan fingerprint density at radius 1 is 1.00 bits per heavy atom. The van der Waals surface area contributed by atoms with Crippen LogP contribution < -0.4 is 14.9 Å². The van der Waals surface area contributed by atoms with Crippen LogP contribution in [0.15, 0.2) is 69.9 Å². The van der Waals surface area contributed by atoms with E-state index in [9.17, 15) is 19.8 Å². The smallest absolute Gasteiger partial charge is 0.306 e. The first-order chi connectivity index (χ1) is 16.5. The molecular formula is C26H20O8. The van der Waals surface area contributed by atoms with Gasteiger partial charge in [-0.15, -0.1) is 0 Å². The number of phenols is 2. The molecule has 172 valence electrons. The minimum atomic E-state index is -0.778. The van der Waals surface area contributed by atoms with Gasteiger partial charge in [0.1, 0.15) is 28.2 Å². The summed E-state index contributed by atoms with van der Waals surface area (Å²) in [6.07, 6.45) is -0.164. The van der Waals surface area contributed by atoms with E-state index in [1.165, 1.54) is 13.2 Å². The quantitative estimate of drug-likeness (QED) is 0.424. The third-order valence-corrected chi connectivity index (χ3v) is 5.80. The van der Waals surface area contributed by atoms with Crippen LogP contribution in [-0.4, -0.2) is 30.1 Å². The van der Waals surface area contributed by atoms with Crippen molar-refractivity contribution in [3.8, 4) is 34.3 Å². The average molecular weight is 460 g/mol. The molecule has 0 fully saturated rings. The van der Waals surface area contributed by atoms with Crippen molar-refractivity contribution in [1.29, 1.82) is 0 Å². The predicted molar refractivity (Wildman–Crippen MR) is 122 cm³/mol. The molecule has 8 heteroatoms. The van der Waals surface area contributed by atoms with E-state index in [1.54, 1.807) is 42.5 Å². The molecule has 2 heterocycles. The Hall–Kier alpha value is -4.46. The fourth-order valence-corrected chi connectivity index (χ4v) is 4.17. The Bertz CT molecular complexity index is 1460. The summed E-state index contributed by atoms with van der Waals surface area (Å²) in [4.78, 5) is 25.4. The lowest BCUT2D eigenvalue weighted by atomic mass is 9.86. The van der Waals surface area contributed by atoms with Gasteiger partial charge < -0.3 is 28.8 Å². The SMILES string of the molecule is COC(=O)C[C@@H](c1ccc2c(c1)OCO2)c1c(O)cc(O)c2c(=O)cc(-c3ccccc3)oc12. The number of methoxy groups -OCH3 is 1. The van der Waals surface area contributed by atoms with Crippen LogP contribution in [0.3, 0.4) is 0 Å². The topological polar surface area (TPSA) is 115 Å². The van der Waals surface area contributed by atoms with Crippen molar-refractivity contribution in [3.63, 3.8) is 0 Å². The molecule has 0 radical (unpaired) electrons. The molecule has 0 aliphatic carbocycles. The van der Waals surface area contributed by atoms with Crippen molar-refractivity contribution in [2.24, 2.45) is 0 Å². The Balaban J connectivity index is 1.78. The Kier molecular flexibility index (Phi) is 5.33. The second kappa shape index (κ2) is 8.47. The summed E-state index contributed by atoms with van der Waals surface area (Å²) in [7, 11) is 1.27. The lowest BCUT2D eigenvalue weighted by Gasteiger charge is -2.20. The molecule has 1 aliphatic heterocycles. The van der Waals surface area contributed by atoms with E-state index in [0.29, 0.717) is 22.6 Å². The molecule has 0 bridgehead atoms. The highest BCUT2D eigenvalue weighted by Gasteiger charge is 2.29. The lowest BCUT2D eigenvalue weighted by Crippen LogP contribution is -2.12. The number of esters is 1. The number of phenolic OH excluding ortho intramolecular Hbond substituents is 2. The highest BCUT2D eigenvalue weighted by Crippen LogP contribution is 2.45. The fourth-order valence-electron chi connectivity index (χ4n) is 4.17. The number of carbonyl (C=O) groups excluding carboxylic acids is 1. The summed E-state index contributed by atoms with van der Waals surface area (Å²) >= 11 is 0. The standard InChI is InChI=1S/C26H20O8/c1-31-23(30)10-16(15-7-8-20-22(9-15)33-13-32-20)24-17(27)11-18(28)25-19(29)12-21(34-26(24)25)14-5-3-2-4-6-14/h2-9,11-12,16,27-28H,10,13H2,1H3/t16-/m0/s1. The second-order valence-electron chi connectivity index (χ2n) is 7.82. The number of carbonyl (C=O) groups is 1. The van der Waals surface area contributed by atoms with Gasteiger partial charge in [0.15, 0.2) is 16.9 Å². The fraction of sp³-hybridized carbons (Fsp3) is 0.154. The molecule has 34 heavy (non-hydrogen) atoms. The highest BCUT2D eigenvalue weighted by atomic mass is 16.7. The number of ether oxygens (including phenoxy) is 3. The summed E-state index contributed by atoms with van der Waals surface area (Å²) in [5, 5.41) is 21.3. The minimum Gasteiger partial charge on any atom is -0.507 e. The van der Waals surface area contributed by atoms with Crippen LogP contribution in [0.25, 0.3) is 22.3 Å². The Labute approximate surface area is 193 Å². The number of aromatic hydroxyl groups is 2. The normalized spacial score (nSPS) is 13.1. The minimum absolute atomic E-state index is 0.0181. The Morgan fingerprint density at radius 2 is 1.76 bits per heavy atom. The highest BCUT2D eigenvalue weighted by molar-refractivity contribution is 5.90. The largest absolute Gasteiger partial charge is 0.507 e. The molecule has 0 saturated carbocycles. The molecule has 0 unspecified atom stereocenters. The summed E-state index contributed by atoms with van der Waals surface area (Å²) in [5.41, 5.74) is 0.913. The van der Waals surface area contributed by atoms with Gasteiger partial charge in [-0.3, -0.25) is 9.59 Å². The molecule has 2 N–H and O–H groups in total. The molecular weight excluding hydrogens is 440 g/mol. The number of hydrogen-bond acceptors (Lipinski definition) is 8. The zero-order valence-corrected chi connectivity index (χ0v) is 18.1. The van der Waals surface area contributed by atoms with Gasteiger partial charge in [0, 0.05) is 29.2 Å². The van der Waals surface area contributed by atoms with Gasteiger partial charge in [-0.1, -0.05) is 36.4 Å². The van der Waals surface area contributed by atoms with E-state index in [4.69, 9.17) is 18.6 Å². The third-order valence-electron chi connectivity index (χ3n) is 5.80. The van der Waals surface area contributed by atoms with Gasteiger partial charge in [-0.2, -0.15) is 0 Å². The zero-order chi connectivity index (χ0) is 23.8. The lowest BCUT2D eigenvalue weighted by molar-refractivity contribution is -0.140. The molecule has 0 amide bonds. The number of hydrogen-bond donors (Lipinski definition) is 2. The van der Waals surface area contributed by atoms with Crippen LogP contribution in [0.5, 0.6) is 23.0 Å². The zero-order valence-electron chi connectivity index (χ0n) is 18.1. The van der Waals surface area contributed by atoms with E-state index < -0.39 is 23.1 Å². The molecule has 0 saturated heterocycles. The van der Waals surface area contributed by atoms with E-state index in [2.05, 4.69) is 0 Å². The first kappa shape index (κ1) is 21.4. The molecule has 1 aliphatic rings. The van der Waals surface area contributed by atoms with Gasteiger partial charge in [-0.05, 0) is 17.7 Å².